The van der Waals surface area contributed by atoms with Crippen molar-refractivity contribution < 1.29 is 23.9 Å². The Labute approximate surface area is 161 Å². The van der Waals surface area contributed by atoms with Gasteiger partial charge in [-0.1, -0.05) is 11.6 Å². The molecule has 2 aromatic carbocycles. The number of hydrogen-bond donors (Lipinski definition) is 2. The molecule has 0 saturated heterocycles. The fourth-order valence-corrected chi connectivity index (χ4v) is 2.19. The quantitative estimate of drug-likeness (QED) is 0.709. The van der Waals surface area contributed by atoms with Gasteiger partial charge in [0.15, 0.2) is 12.7 Å². The van der Waals surface area contributed by atoms with Crippen molar-refractivity contribution in [3.8, 4) is 5.75 Å². The average molecular weight is 391 g/mol. The molecule has 7 nitrogen and oxygen atoms in total. The van der Waals surface area contributed by atoms with Crippen LogP contribution in [-0.4, -0.2) is 37.5 Å². The van der Waals surface area contributed by atoms with Crippen molar-refractivity contribution in [1.29, 1.82) is 0 Å². The highest BCUT2D eigenvalue weighted by molar-refractivity contribution is 6.30. The van der Waals surface area contributed by atoms with Gasteiger partial charge in [0.05, 0.1) is 0 Å². The molecule has 0 radical (unpaired) electrons. The molecule has 2 rings (SSSR count). The van der Waals surface area contributed by atoms with Crippen LogP contribution in [0.25, 0.3) is 0 Å². The van der Waals surface area contributed by atoms with E-state index >= 15 is 0 Å². The lowest BCUT2D eigenvalue weighted by Gasteiger charge is -2.14. The predicted octanol–water partition coefficient (Wildman–Crippen LogP) is 2.65. The third-order valence-corrected chi connectivity index (χ3v) is 3.71. The number of benzene rings is 2. The molecule has 0 spiro atoms. The first-order valence-electron chi connectivity index (χ1n) is 8.10. The summed E-state index contributed by atoms with van der Waals surface area (Å²) in [6.07, 6.45) is -0.884. The van der Waals surface area contributed by atoms with E-state index in [2.05, 4.69) is 10.6 Å². The van der Waals surface area contributed by atoms with Crippen molar-refractivity contribution in [2.24, 2.45) is 0 Å². The number of esters is 1. The summed E-state index contributed by atoms with van der Waals surface area (Å²) in [5, 5.41) is 5.63. The SMILES string of the molecule is CNC(=O)c1ccc(NC(=O)COC(=O)[C@H](C)Oc2ccc(Cl)cc2)cc1. The first-order chi connectivity index (χ1) is 12.9. The van der Waals surface area contributed by atoms with E-state index in [9.17, 15) is 14.4 Å². The maximum atomic E-state index is 11.9. The van der Waals surface area contributed by atoms with Crippen molar-refractivity contribution in [2.75, 3.05) is 19.0 Å². The Balaban J connectivity index is 1.79. The predicted molar refractivity (Wildman–Crippen MR) is 101 cm³/mol. The molecule has 2 amide bonds. The van der Waals surface area contributed by atoms with Crippen LogP contribution in [0.5, 0.6) is 5.75 Å². The molecule has 2 N–H and O–H groups in total. The highest BCUT2D eigenvalue weighted by atomic mass is 35.5. The van der Waals surface area contributed by atoms with E-state index in [0.717, 1.165) is 0 Å². The lowest BCUT2D eigenvalue weighted by molar-refractivity contribution is -0.153. The van der Waals surface area contributed by atoms with Crippen molar-refractivity contribution in [1.82, 2.24) is 5.32 Å². The van der Waals surface area contributed by atoms with E-state index in [4.69, 9.17) is 21.1 Å². The van der Waals surface area contributed by atoms with Gasteiger partial charge in [-0.15, -0.1) is 0 Å². The van der Waals surface area contributed by atoms with Crippen LogP contribution in [-0.2, 0) is 14.3 Å². The number of anilines is 1. The Morgan fingerprint density at radius 3 is 2.26 bits per heavy atom. The molecule has 0 bridgehead atoms. The second-order valence-corrected chi connectivity index (χ2v) is 5.96. The molecule has 8 heteroatoms. The van der Waals surface area contributed by atoms with Crippen LogP contribution in [0.15, 0.2) is 48.5 Å². The smallest absolute Gasteiger partial charge is 0.347 e. The van der Waals surface area contributed by atoms with Crippen LogP contribution in [0.3, 0.4) is 0 Å². The van der Waals surface area contributed by atoms with E-state index in [1.165, 1.54) is 14.0 Å². The van der Waals surface area contributed by atoms with Gasteiger partial charge in [-0.25, -0.2) is 4.79 Å². The van der Waals surface area contributed by atoms with Crippen molar-refractivity contribution in [3.05, 3.63) is 59.1 Å². The number of rotatable bonds is 7. The summed E-state index contributed by atoms with van der Waals surface area (Å²) >= 11 is 5.78. The Hall–Kier alpha value is -3.06. The van der Waals surface area contributed by atoms with Crippen LogP contribution >= 0.6 is 11.6 Å². The molecule has 0 aliphatic heterocycles. The Kier molecular flexibility index (Phi) is 7.19. The lowest BCUT2D eigenvalue weighted by atomic mass is 10.2. The summed E-state index contributed by atoms with van der Waals surface area (Å²) in [6.45, 7) is 1.07. The van der Waals surface area contributed by atoms with Crippen molar-refractivity contribution in [2.45, 2.75) is 13.0 Å². The van der Waals surface area contributed by atoms with Gasteiger partial charge in [-0.2, -0.15) is 0 Å². The highest BCUT2D eigenvalue weighted by Crippen LogP contribution is 2.17. The van der Waals surface area contributed by atoms with E-state index in [1.807, 2.05) is 0 Å². The number of carbonyl (C=O) groups is 3. The monoisotopic (exact) mass is 390 g/mol. The zero-order valence-corrected chi connectivity index (χ0v) is 15.6. The lowest BCUT2D eigenvalue weighted by Crippen LogP contribution is -2.29. The van der Waals surface area contributed by atoms with Crippen LogP contribution in [0.1, 0.15) is 17.3 Å². The van der Waals surface area contributed by atoms with Gasteiger partial charge in [-0.3, -0.25) is 9.59 Å². The van der Waals surface area contributed by atoms with E-state index in [1.54, 1.807) is 48.5 Å². The topological polar surface area (TPSA) is 93.7 Å². The molecular weight excluding hydrogens is 372 g/mol. The normalized spacial score (nSPS) is 11.2. The minimum Gasteiger partial charge on any atom is -0.479 e. The first-order valence-corrected chi connectivity index (χ1v) is 8.47. The van der Waals surface area contributed by atoms with Crippen molar-refractivity contribution in [3.63, 3.8) is 0 Å². The van der Waals surface area contributed by atoms with Gasteiger partial charge in [-0.05, 0) is 55.5 Å². The minimum atomic E-state index is -0.884. The number of amides is 2. The zero-order valence-electron chi connectivity index (χ0n) is 14.8. The van der Waals surface area contributed by atoms with Gasteiger partial charge in [0, 0.05) is 23.3 Å². The molecule has 0 unspecified atom stereocenters. The summed E-state index contributed by atoms with van der Waals surface area (Å²) in [5.41, 5.74) is 0.948. The van der Waals surface area contributed by atoms with Gasteiger partial charge in [0.25, 0.3) is 11.8 Å². The zero-order chi connectivity index (χ0) is 19.8. The van der Waals surface area contributed by atoms with Gasteiger partial charge < -0.3 is 20.1 Å². The maximum absolute atomic E-state index is 11.9. The van der Waals surface area contributed by atoms with E-state index < -0.39 is 24.6 Å². The second kappa shape index (κ2) is 9.59. The molecule has 0 fully saturated rings. The van der Waals surface area contributed by atoms with Gasteiger partial charge >= 0.3 is 5.97 Å². The Morgan fingerprint density at radius 1 is 1.04 bits per heavy atom. The number of hydrogen-bond acceptors (Lipinski definition) is 5. The molecule has 2 aromatic rings. The molecule has 0 saturated carbocycles. The summed E-state index contributed by atoms with van der Waals surface area (Å²) in [7, 11) is 1.53. The average Bonchev–Trinajstić information content (AvgIpc) is 2.67. The van der Waals surface area contributed by atoms with Crippen LogP contribution in [0.2, 0.25) is 5.02 Å². The fourth-order valence-electron chi connectivity index (χ4n) is 2.07. The molecule has 0 aliphatic rings. The first kappa shape index (κ1) is 20.3. The third kappa shape index (κ3) is 6.31. The molecular formula is C19H19ClN2O5. The summed E-state index contributed by atoms with van der Waals surface area (Å²) in [4.78, 5) is 35.3. The van der Waals surface area contributed by atoms with Crippen LogP contribution < -0.4 is 15.4 Å². The molecule has 27 heavy (non-hydrogen) atoms. The second-order valence-electron chi connectivity index (χ2n) is 5.53. The molecule has 0 aromatic heterocycles. The van der Waals surface area contributed by atoms with Crippen LogP contribution in [0, 0.1) is 0 Å². The number of ether oxygens (including phenoxy) is 2. The van der Waals surface area contributed by atoms with Gasteiger partial charge in [0.2, 0.25) is 0 Å². The van der Waals surface area contributed by atoms with E-state index in [0.29, 0.717) is 22.0 Å². The number of carbonyl (C=O) groups excluding carboxylic acids is 3. The maximum Gasteiger partial charge on any atom is 0.347 e. The Morgan fingerprint density at radius 2 is 1.67 bits per heavy atom. The highest BCUT2D eigenvalue weighted by Gasteiger charge is 2.18. The largest absolute Gasteiger partial charge is 0.479 e. The number of halogens is 1. The summed E-state index contributed by atoms with van der Waals surface area (Å²) in [6, 6.07) is 12.8. The fraction of sp³-hybridized carbons (Fsp3) is 0.211. The van der Waals surface area contributed by atoms with E-state index in [-0.39, 0.29) is 5.91 Å². The van der Waals surface area contributed by atoms with Gasteiger partial charge in [0.1, 0.15) is 5.75 Å². The third-order valence-electron chi connectivity index (χ3n) is 3.46. The van der Waals surface area contributed by atoms with Crippen molar-refractivity contribution >= 4 is 35.1 Å². The molecule has 142 valence electrons. The Bertz CT molecular complexity index is 806. The molecule has 0 aliphatic carbocycles. The minimum absolute atomic E-state index is 0.225. The van der Waals surface area contributed by atoms with Crippen LogP contribution in [0.4, 0.5) is 5.69 Å². The summed E-state index contributed by atoms with van der Waals surface area (Å²) < 4.78 is 10.4. The number of nitrogens with one attached hydrogen (secondary N) is 2. The molecule has 0 heterocycles. The standard InChI is InChI=1S/C19H19ClN2O5/c1-12(27-16-9-5-14(20)6-10-16)19(25)26-11-17(23)22-15-7-3-13(4-8-15)18(24)21-2/h3-10,12H,11H2,1-2H3,(H,21,24)(H,22,23)/t12-/m0/s1. The molecule has 1 atom stereocenters. The summed E-state index contributed by atoms with van der Waals surface area (Å²) in [5.74, 6) is -0.939.